The smallest absolute Gasteiger partial charge is 0.129 e. The topological polar surface area (TPSA) is 35.6 Å². The summed E-state index contributed by atoms with van der Waals surface area (Å²) in [5, 5.41) is 1.97. The Bertz CT molecular complexity index is 1400. The zero-order valence-corrected chi connectivity index (χ0v) is 20.2. The van der Waals surface area contributed by atoms with Gasteiger partial charge >= 0.3 is 0 Å². The van der Waals surface area contributed by atoms with Crippen molar-refractivity contribution in [1.82, 2.24) is 9.73 Å². The number of aryl methyl sites for hydroxylation is 2. The van der Waals surface area contributed by atoms with Crippen molar-refractivity contribution >= 4 is 21.3 Å². The number of anilines is 1. The quantitative estimate of drug-likeness (QED) is 0.479. The van der Waals surface area contributed by atoms with Gasteiger partial charge in [0.1, 0.15) is 11.6 Å². The van der Waals surface area contributed by atoms with Crippen molar-refractivity contribution < 1.29 is 13.0 Å². The van der Waals surface area contributed by atoms with E-state index in [-0.39, 0.29) is 0 Å². The molecule has 1 N–H and O–H groups in total. The lowest BCUT2D eigenvalue weighted by Gasteiger charge is -2.30. The molecule has 0 radical (unpaired) electrons. The first-order valence-corrected chi connectivity index (χ1v) is 13.2. The summed E-state index contributed by atoms with van der Waals surface area (Å²) in [5.74, 6) is 3.00. The molecule has 0 spiro atoms. The van der Waals surface area contributed by atoms with E-state index in [9.17, 15) is 13.0 Å². The van der Waals surface area contributed by atoms with Crippen LogP contribution in [0.3, 0.4) is 0 Å². The number of hydrazine groups is 1. The molecule has 180 valence electrons. The molecule has 0 amide bonds. The van der Waals surface area contributed by atoms with E-state index in [1.165, 1.54) is 12.1 Å². The minimum Gasteiger partial charge on any atom is -0.297 e. The van der Waals surface area contributed by atoms with Gasteiger partial charge in [0, 0.05) is 41.7 Å². The molecule has 1 unspecified atom stereocenters. The zero-order chi connectivity index (χ0) is 24.6. The fraction of sp³-hybridized carbons (Fsp3) is 0.179. The maximum atomic E-state index is 13.9. The van der Waals surface area contributed by atoms with Gasteiger partial charge in [-0.2, -0.15) is 0 Å². The van der Waals surface area contributed by atoms with Crippen molar-refractivity contribution in [2.45, 2.75) is 24.2 Å². The Morgan fingerprint density at radius 1 is 0.971 bits per heavy atom. The van der Waals surface area contributed by atoms with Gasteiger partial charge in [-0.3, -0.25) is 10.4 Å². The van der Waals surface area contributed by atoms with Crippen molar-refractivity contribution in [3.05, 3.63) is 119 Å². The molecule has 4 nitrogen and oxygen atoms in total. The molecule has 35 heavy (non-hydrogen) atoms. The van der Waals surface area contributed by atoms with E-state index in [4.69, 9.17) is 0 Å². The lowest BCUT2D eigenvalue weighted by atomic mass is 10.0. The number of benzene rings is 3. The van der Waals surface area contributed by atoms with Crippen LogP contribution in [-0.2, 0) is 22.5 Å². The van der Waals surface area contributed by atoms with Crippen LogP contribution in [0.2, 0.25) is 0 Å². The normalized spacial score (nSPS) is 17.8. The third-order valence-electron chi connectivity index (χ3n) is 6.60. The van der Waals surface area contributed by atoms with Gasteiger partial charge < -0.3 is 0 Å². The van der Waals surface area contributed by atoms with Crippen molar-refractivity contribution in [2.75, 3.05) is 18.1 Å². The van der Waals surface area contributed by atoms with E-state index in [0.29, 0.717) is 36.4 Å². The third-order valence-corrected chi connectivity index (χ3v) is 8.75. The minimum atomic E-state index is -2.69. The molecule has 3 aromatic rings. The fourth-order valence-electron chi connectivity index (χ4n) is 4.53. The second-order valence-electron chi connectivity index (χ2n) is 8.82. The summed E-state index contributed by atoms with van der Waals surface area (Å²) >= 11 is 0. The van der Waals surface area contributed by atoms with E-state index < -0.39 is 21.3 Å². The van der Waals surface area contributed by atoms with Gasteiger partial charge in [-0.25, -0.2) is 17.3 Å². The van der Waals surface area contributed by atoms with Crippen molar-refractivity contribution in [3.63, 3.8) is 0 Å². The molecular weight excluding hydrogens is 464 g/mol. The fourth-order valence-corrected chi connectivity index (χ4v) is 6.12. The average Bonchev–Trinajstić information content (AvgIpc) is 3.20. The Labute approximate surface area is 205 Å². The first-order chi connectivity index (χ1) is 16.8. The van der Waals surface area contributed by atoms with Crippen LogP contribution in [0.4, 0.5) is 14.5 Å². The summed E-state index contributed by atoms with van der Waals surface area (Å²) in [6.45, 7) is 5.39. The molecule has 0 saturated heterocycles. The van der Waals surface area contributed by atoms with Gasteiger partial charge in [0.15, 0.2) is 0 Å². The zero-order valence-electron chi connectivity index (χ0n) is 19.3. The highest BCUT2D eigenvalue weighted by molar-refractivity contribution is 7.98. The molecular formula is C28H27F2N3OS. The highest BCUT2D eigenvalue weighted by atomic mass is 32.2. The molecule has 0 bridgehead atoms. The molecule has 5 rings (SSSR count). The van der Waals surface area contributed by atoms with Crippen LogP contribution in [0.15, 0.2) is 101 Å². The van der Waals surface area contributed by atoms with Crippen molar-refractivity contribution in [1.29, 1.82) is 0 Å². The van der Waals surface area contributed by atoms with Crippen LogP contribution in [-0.4, -0.2) is 27.5 Å². The summed E-state index contributed by atoms with van der Waals surface area (Å²) in [6.07, 6.45) is 1.79. The molecule has 0 saturated carbocycles. The number of nitrogens with zero attached hydrogens (tertiary/aromatic N) is 2. The highest BCUT2D eigenvalue weighted by Gasteiger charge is 2.33. The molecule has 0 aromatic heterocycles. The van der Waals surface area contributed by atoms with Gasteiger partial charge in [0.05, 0.1) is 21.1 Å². The van der Waals surface area contributed by atoms with Gasteiger partial charge in [0.25, 0.3) is 0 Å². The maximum absolute atomic E-state index is 13.9. The lowest BCUT2D eigenvalue weighted by Crippen LogP contribution is -2.37. The SMILES string of the molecule is C=C1C2=C(CCN(S(=C)(=O)c3ccc(CCc4ccc(F)cc4F)cc3)C2)NN1c1ccccc1. The molecule has 0 fully saturated rings. The van der Waals surface area contributed by atoms with Crippen molar-refractivity contribution in [2.24, 2.45) is 0 Å². The van der Waals surface area contributed by atoms with Crippen molar-refractivity contribution in [3.8, 4) is 0 Å². The lowest BCUT2D eigenvalue weighted by molar-refractivity contribution is 0.454. The van der Waals surface area contributed by atoms with Crippen LogP contribution in [0, 0.1) is 11.6 Å². The molecule has 2 aliphatic heterocycles. The Hall–Kier alpha value is -3.42. The molecule has 2 aliphatic rings. The minimum absolute atomic E-state index is 0.460. The second kappa shape index (κ2) is 9.32. The predicted octanol–water partition coefficient (Wildman–Crippen LogP) is 5.24. The number of nitrogens with one attached hydrogen (secondary N) is 1. The average molecular weight is 492 g/mol. The standard InChI is InChI=1S/C28H27F2N3OS/c1-20-26-19-32(17-16-28(26)31-33(20)24-6-4-3-5-7-24)35(2,34)25-14-9-21(10-15-25)8-11-22-12-13-23(29)18-27(22)30/h3-7,9-10,12-15,18,31H,1-2,8,11,16-17,19H2. The Morgan fingerprint density at radius 3 is 2.43 bits per heavy atom. The number of hydrogen-bond acceptors (Lipinski definition) is 3. The van der Waals surface area contributed by atoms with Gasteiger partial charge in [-0.1, -0.05) is 43.0 Å². The Kier molecular flexibility index (Phi) is 6.21. The van der Waals surface area contributed by atoms with E-state index >= 15 is 0 Å². The van der Waals surface area contributed by atoms with Gasteiger partial charge in [-0.05, 0) is 60.2 Å². The summed E-state index contributed by atoms with van der Waals surface area (Å²) in [6, 6.07) is 21.1. The largest absolute Gasteiger partial charge is 0.297 e. The predicted molar refractivity (Wildman–Crippen MR) is 138 cm³/mol. The van der Waals surface area contributed by atoms with E-state index in [2.05, 4.69) is 17.9 Å². The number of rotatable bonds is 6. The number of hydrogen-bond donors (Lipinski definition) is 1. The van der Waals surface area contributed by atoms with Crippen LogP contribution in [0.25, 0.3) is 0 Å². The highest BCUT2D eigenvalue weighted by Crippen LogP contribution is 2.34. The van der Waals surface area contributed by atoms with E-state index in [0.717, 1.165) is 40.7 Å². The molecule has 2 heterocycles. The first-order valence-electron chi connectivity index (χ1n) is 11.5. The van der Waals surface area contributed by atoms with E-state index in [1.807, 2.05) is 63.9 Å². The maximum Gasteiger partial charge on any atom is 0.129 e. The molecule has 1 atom stereocenters. The van der Waals surface area contributed by atoms with Crippen LogP contribution < -0.4 is 10.4 Å². The molecule has 0 aliphatic carbocycles. The first kappa shape index (κ1) is 23.3. The number of para-hydroxylation sites is 1. The third kappa shape index (κ3) is 4.61. The second-order valence-corrected chi connectivity index (χ2v) is 11.1. The summed E-state index contributed by atoms with van der Waals surface area (Å²) in [4.78, 5) is 0.662. The van der Waals surface area contributed by atoms with Crippen LogP contribution >= 0.6 is 0 Å². The van der Waals surface area contributed by atoms with Crippen LogP contribution in [0.5, 0.6) is 0 Å². The number of halogens is 2. The Morgan fingerprint density at radius 2 is 1.71 bits per heavy atom. The monoisotopic (exact) mass is 491 g/mol. The van der Waals surface area contributed by atoms with Crippen LogP contribution in [0.1, 0.15) is 17.5 Å². The molecule has 7 heteroatoms. The molecule has 3 aromatic carbocycles. The van der Waals surface area contributed by atoms with E-state index in [1.54, 1.807) is 0 Å². The summed E-state index contributed by atoms with van der Waals surface area (Å²) < 4.78 is 42.8. The van der Waals surface area contributed by atoms with Gasteiger partial charge in [0.2, 0.25) is 0 Å². The summed E-state index contributed by atoms with van der Waals surface area (Å²) in [5.41, 5.74) is 8.92. The van der Waals surface area contributed by atoms with Gasteiger partial charge in [-0.15, -0.1) is 0 Å². The summed E-state index contributed by atoms with van der Waals surface area (Å²) in [7, 11) is -2.69. The Balaban J connectivity index is 1.26.